The van der Waals surface area contributed by atoms with E-state index in [1.165, 1.54) is 6.42 Å². The van der Waals surface area contributed by atoms with Crippen LogP contribution in [-0.2, 0) is 11.3 Å². The second-order valence-electron chi connectivity index (χ2n) is 5.63. The summed E-state index contributed by atoms with van der Waals surface area (Å²) in [5, 5.41) is 6.32. The lowest BCUT2D eigenvalue weighted by Crippen LogP contribution is -2.24. The van der Waals surface area contributed by atoms with E-state index in [9.17, 15) is 4.79 Å². The molecule has 0 aromatic carbocycles. The van der Waals surface area contributed by atoms with Crippen LogP contribution in [0, 0.1) is 5.92 Å². The zero-order valence-corrected chi connectivity index (χ0v) is 12.5. The van der Waals surface area contributed by atoms with Crippen molar-refractivity contribution in [3.05, 3.63) is 42.6 Å². The van der Waals surface area contributed by atoms with E-state index in [2.05, 4.69) is 20.6 Å². The Kier molecular flexibility index (Phi) is 4.80. The Morgan fingerprint density at radius 2 is 2.41 bits per heavy atom. The smallest absolute Gasteiger partial charge is 0.220 e. The topological polar surface area (TPSA) is 71.8 Å². The zero-order valence-electron chi connectivity index (χ0n) is 12.5. The van der Waals surface area contributed by atoms with Crippen LogP contribution in [-0.4, -0.2) is 33.5 Å². The minimum atomic E-state index is 0.104. The highest BCUT2D eigenvalue weighted by Gasteiger charge is 2.15. The van der Waals surface area contributed by atoms with Crippen LogP contribution >= 0.6 is 0 Å². The van der Waals surface area contributed by atoms with E-state index in [1.807, 2.05) is 22.9 Å². The van der Waals surface area contributed by atoms with Crippen LogP contribution in [0.5, 0.6) is 0 Å². The first-order valence-electron chi connectivity index (χ1n) is 7.72. The Bertz CT molecular complexity index is 605. The molecule has 1 aliphatic rings. The van der Waals surface area contributed by atoms with E-state index in [0.29, 0.717) is 18.9 Å². The molecule has 1 unspecified atom stereocenters. The second kappa shape index (κ2) is 7.17. The van der Waals surface area contributed by atoms with Gasteiger partial charge in [0, 0.05) is 37.1 Å². The van der Waals surface area contributed by atoms with Crippen LogP contribution in [0.4, 0.5) is 0 Å². The van der Waals surface area contributed by atoms with Gasteiger partial charge in [0.1, 0.15) is 12.1 Å². The van der Waals surface area contributed by atoms with Crippen molar-refractivity contribution in [1.82, 2.24) is 25.2 Å². The van der Waals surface area contributed by atoms with Crippen molar-refractivity contribution < 1.29 is 4.79 Å². The zero-order chi connectivity index (χ0) is 15.2. The number of nitrogens with zero attached hydrogens (tertiary/aromatic N) is 3. The Labute approximate surface area is 130 Å². The minimum Gasteiger partial charge on any atom is -0.352 e. The number of nitrogens with one attached hydrogen (secondary N) is 2. The summed E-state index contributed by atoms with van der Waals surface area (Å²) in [7, 11) is 0. The first-order chi connectivity index (χ1) is 10.8. The van der Waals surface area contributed by atoms with Gasteiger partial charge in [0.05, 0.1) is 0 Å². The number of carbonyl (C=O) groups excluding carboxylic acids is 1. The van der Waals surface area contributed by atoms with E-state index in [-0.39, 0.29) is 5.91 Å². The molecule has 6 heteroatoms. The number of hydrogen-bond donors (Lipinski definition) is 2. The average Bonchev–Trinajstić information content (AvgIpc) is 3.24. The van der Waals surface area contributed by atoms with Crippen molar-refractivity contribution in [3.8, 4) is 5.82 Å². The normalized spacial score (nSPS) is 17.5. The van der Waals surface area contributed by atoms with Gasteiger partial charge in [-0.25, -0.2) is 9.97 Å². The van der Waals surface area contributed by atoms with Crippen LogP contribution in [0.15, 0.2) is 37.1 Å². The molecule has 3 heterocycles. The summed E-state index contributed by atoms with van der Waals surface area (Å²) in [4.78, 5) is 20.4. The number of carbonyl (C=O) groups is 1. The van der Waals surface area contributed by atoms with Crippen molar-refractivity contribution in [2.24, 2.45) is 5.92 Å². The maximum Gasteiger partial charge on any atom is 0.220 e. The van der Waals surface area contributed by atoms with Crippen LogP contribution < -0.4 is 10.6 Å². The van der Waals surface area contributed by atoms with Gasteiger partial charge in [0.15, 0.2) is 0 Å². The fraction of sp³-hybridized carbons (Fsp3) is 0.438. The highest BCUT2D eigenvalue weighted by molar-refractivity contribution is 5.75. The molecule has 2 aromatic heterocycles. The van der Waals surface area contributed by atoms with Crippen LogP contribution in [0.3, 0.4) is 0 Å². The molecular weight excluding hydrogens is 278 g/mol. The predicted molar refractivity (Wildman–Crippen MR) is 83.4 cm³/mol. The molecule has 3 rings (SSSR count). The molecule has 1 atom stereocenters. The molecule has 2 N–H and O–H groups in total. The molecule has 0 aliphatic carbocycles. The van der Waals surface area contributed by atoms with Crippen LogP contribution in [0.2, 0.25) is 0 Å². The fourth-order valence-electron chi connectivity index (χ4n) is 2.76. The van der Waals surface area contributed by atoms with Crippen LogP contribution in [0.25, 0.3) is 5.82 Å². The third kappa shape index (κ3) is 3.71. The van der Waals surface area contributed by atoms with E-state index in [1.54, 1.807) is 18.7 Å². The summed E-state index contributed by atoms with van der Waals surface area (Å²) in [5.41, 5.74) is 0.983. The number of amides is 1. The molecule has 1 fully saturated rings. The summed E-state index contributed by atoms with van der Waals surface area (Å²) in [5.74, 6) is 1.55. The van der Waals surface area contributed by atoms with Gasteiger partial charge in [-0.05, 0) is 37.9 Å². The Balaban J connectivity index is 1.54. The largest absolute Gasteiger partial charge is 0.352 e. The Morgan fingerprint density at radius 3 is 3.18 bits per heavy atom. The molecule has 0 bridgehead atoms. The average molecular weight is 299 g/mol. The molecule has 116 valence electrons. The highest BCUT2D eigenvalue weighted by Crippen LogP contribution is 2.14. The molecule has 1 saturated heterocycles. The van der Waals surface area contributed by atoms with Gasteiger partial charge in [-0.15, -0.1) is 0 Å². The van der Waals surface area contributed by atoms with Crippen molar-refractivity contribution in [2.75, 3.05) is 13.1 Å². The standard InChI is InChI=1S/C16H21N5O/c22-15(4-3-13-5-7-17-10-13)20-11-14-2-1-6-19-16(14)21-9-8-18-12-21/h1-2,6,8-9,12-13,17H,3-5,7,10-11H2,(H,20,22). The van der Waals surface area contributed by atoms with Gasteiger partial charge in [-0.3, -0.25) is 9.36 Å². The SMILES string of the molecule is O=C(CCC1CCNC1)NCc1cccnc1-n1ccnc1. The molecule has 6 nitrogen and oxygen atoms in total. The van der Waals surface area contributed by atoms with Crippen molar-refractivity contribution in [3.63, 3.8) is 0 Å². The quantitative estimate of drug-likeness (QED) is 0.842. The number of rotatable bonds is 6. The predicted octanol–water partition coefficient (Wildman–Crippen LogP) is 1.27. The first kappa shape index (κ1) is 14.7. The van der Waals surface area contributed by atoms with Gasteiger partial charge in [0.2, 0.25) is 5.91 Å². The number of imidazole rings is 1. The second-order valence-corrected chi connectivity index (χ2v) is 5.63. The van der Waals surface area contributed by atoms with E-state index >= 15 is 0 Å². The lowest BCUT2D eigenvalue weighted by atomic mass is 10.0. The summed E-state index contributed by atoms with van der Waals surface area (Å²) < 4.78 is 1.85. The Morgan fingerprint density at radius 1 is 1.45 bits per heavy atom. The summed E-state index contributed by atoms with van der Waals surface area (Å²) >= 11 is 0. The van der Waals surface area contributed by atoms with Gasteiger partial charge in [0.25, 0.3) is 0 Å². The van der Waals surface area contributed by atoms with Gasteiger partial charge < -0.3 is 10.6 Å². The number of pyridine rings is 1. The molecule has 1 aliphatic heterocycles. The third-order valence-electron chi connectivity index (χ3n) is 4.03. The molecule has 0 spiro atoms. The highest BCUT2D eigenvalue weighted by atomic mass is 16.1. The van der Waals surface area contributed by atoms with Crippen molar-refractivity contribution >= 4 is 5.91 Å². The molecule has 0 saturated carbocycles. The molecule has 1 amide bonds. The monoisotopic (exact) mass is 299 g/mol. The minimum absolute atomic E-state index is 0.104. The summed E-state index contributed by atoms with van der Waals surface area (Å²) in [6.07, 6.45) is 9.75. The summed E-state index contributed by atoms with van der Waals surface area (Å²) in [6.45, 7) is 2.61. The lowest BCUT2D eigenvalue weighted by Gasteiger charge is -2.11. The van der Waals surface area contributed by atoms with Crippen molar-refractivity contribution in [1.29, 1.82) is 0 Å². The van der Waals surface area contributed by atoms with E-state index in [0.717, 1.165) is 30.9 Å². The van der Waals surface area contributed by atoms with E-state index in [4.69, 9.17) is 0 Å². The number of hydrogen-bond acceptors (Lipinski definition) is 4. The third-order valence-corrected chi connectivity index (χ3v) is 4.03. The Hall–Kier alpha value is -2.21. The van der Waals surface area contributed by atoms with E-state index < -0.39 is 0 Å². The lowest BCUT2D eigenvalue weighted by molar-refractivity contribution is -0.121. The molecule has 22 heavy (non-hydrogen) atoms. The van der Waals surface area contributed by atoms with Crippen LogP contribution in [0.1, 0.15) is 24.8 Å². The molecule has 0 radical (unpaired) electrons. The van der Waals surface area contributed by atoms with Gasteiger partial charge in [-0.2, -0.15) is 0 Å². The first-order valence-corrected chi connectivity index (χ1v) is 7.72. The molecule has 2 aromatic rings. The fourth-order valence-corrected chi connectivity index (χ4v) is 2.76. The van der Waals surface area contributed by atoms with Crippen molar-refractivity contribution in [2.45, 2.75) is 25.8 Å². The van der Waals surface area contributed by atoms with Gasteiger partial charge in [-0.1, -0.05) is 6.07 Å². The van der Waals surface area contributed by atoms with Gasteiger partial charge >= 0.3 is 0 Å². The maximum atomic E-state index is 12.0. The maximum absolute atomic E-state index is 12.0. The number of aromatic nitrogens is 3. The molecular formula is C16H21N5O. The summed E-state index contributed by atoms with van der Waals surface area (Å²) in [6, 6.07) is 3.86.